The first-order valence-electron chi connectivity index (χ1n) is 8.16. The Morgan fingerprint density at radius 2 is 1.75 bits per heavy atom. The lowest BCUT2D eigenvalue weighted by Gasteiger charge is -2.24. The number of halogens is 2. The van der Waals surface area contributed by atoms with Crippen LogP contribution >= 0.6 is 23.2 Å². The van der Waals surface area contributed by atoms with E-state index in [1.54, 1.807) is 6.92 Å². The molecule has 28 heavy (non-hydrogen) atoms. The maximum Gasteiger partial charge on any atom is 0.326 e. The molecule has 0 spiro atoms. The molecule has 0 bridgehead atoms. The standard InChI is InChI=1S/C18H18Cl2N2O5S/c1-3-27-18(24)11-22(17-9-4-13(19)10-16(17)20)28(25,26)15-7-5-14(6-8-15)21-12(2)23/h4-10H,3,11H2,1-2H3,(H,21,23). The van der Waals surface area contributed by atoms with Gasteiger partial charge in [0, 0.05) is 17.6 Å². The average molecular weight is 445 g/mol. The van der Waals surface area contributed by atoms with Gasteiger partial charge in [-0.25, -0.2) is 8.42 Å². The molecule has 0 aliphatic carbocycles. The van der Waals surface area contributed by atoms with Gasteiger partial charge in [-0.3, -0.25) is 13.9 Å². The Morgan fingerprint density at radius 1 is 1.11 bits per heavy atom. The summed E-state index contributed by atoms with van der Waals surface area (Å²) < 4.78 is 32.1. The first-order chi connectivity index (χ1) is 13.1. The number of ether oxygens (including phenoxy) is 1. The summed E-state index contributed by atoms with van der Waals surface area (Å²) in [7, 11) is -4.16. The number of carbonyl (C=O) groups is 2. The lowest BCUT2D eigenvalue weighted by atomic mass is 10.3. The minimum Gasteiger partial charge on any atom is -0.465 e. The topological polar surface area (TPSA) is 92.8 Å². The van der Waals surface area contributed by atoms with Crippen molar-refractivity contribution in [2.45, 2.75) is 18.7 Å². The van der Waals surface area contributed by atoms with Gasteiger partial charge in [0.15, 0.2) is 0 Å². The van der Waals surface area contributed by atoms with Gasteiger partial charge >= 0.3 is 5.97 Å². The molecule has 7 nitrogen and oxygen atoms in total. The summed E-state index contributed by atoms with van der Waals surface area (Å²) in [5.41, 5.74) is 0.526. The molecule has 0 aliphatic rings. The highest BCUT2D eigenvalue weighted by molar-refractivity contribution is 7.92. The molecule has 150 valence electrons. The van der Waals surface area contributed by atoms with Crippen LogP contribution < -0.4 is 9.62 Å². The molecule has 0 unspecified atom stereocenters. The number of benzene rings is 2. The number of hydrogen-bond donors (Lipinski definition) is 1. The van der Waals surface area contributed by atoms with E-state index in [4.69, 9.17) is 27.9 Å². The number of nitrogens with zero attached hydrogens (tertiary/aromatic N) is 1. The van der Waals surface area contributed by atoms with Crippen LogP contribution in [0.5, 0.6) is 0 Å². The van der Waals surface area contributed by atoms with Crippen LogP contribution in [-0.2, 0) is 24.3 Å². The van der Waals surface area contributed by atoms with Gasteiger partial charge in [0.1, 0.15) is 6.54 Å². The van der Waals surface area contributed by atoms with Gasteiger partial charge in [-0.05, 0) is 49.4 Å². The monoisotopic (exact) mass is 444 g/mol. The number of amides is 1. The van der Waals surface area contributed by atoms with Crippen LogP contribution in [0.2, 0.25) is 10.0 Å². The Balaban J connectivity index is 2.48. The van der Waals surface area contributed by atoms with E-state index in [9.17, 15) is 18.0 Å². The molecule has 0 radical (unpaired) electrons. The fourth-order valence-electron chi connectivity index (χ4n) is 2.35. The van der Waals surface area contributed by atoms with E-state index in [0.717, 1.165) is 4.31 Å². The van der Waals surface area contributed by atoms with E-state index in [0.29, 0.717) is 10.7 Å². The van der Waals surface area contributed by atoms with Crippen LogP contribution in [0.3, 0.4) is 0 Å². The number of sulfonamides is 1. The van der Waals surface area contributed by atoms with Crippen molar-refractivity contribution in [2.75, 3.05) is 22.8 Å². The smallest absolute Gasteiger partial charge is 0.326 e. The Bertz CT molecular complexity index is 978. The van der Waals surface area contributed by atoms with E-state index in [2.05, 4.69) is 5.32 Å². The number of rotatable bonds is 7. The zero-order valence-corrected chi connectivity index (χ0v) is 17.4. The third kappa shape index (κ3) is 5.37. The molecule has 2 rings (SSSR count). The van der Waals surface area contributed by atoms with Gasteiger partial charge in [-0.2, -0.15) is 0 Å². The Morgan fingerprint density at radius 3 is 2.29 bits per heavy atom. The summed E-state index contributed by atoms with van der Waals surface area (Å²) >= 11 is 12.1. The number of hydrogen-bond acceptors (Lipinski definition) is 5. The highest BCUT2D eigenvalue weighted by atomic mass is 35.5. The van der Waals surface area contributed by atoms with Gasteiger partial charge in [-0.1, -0.05) is 23.2 Å². The van der Waals surface area contributed by atoms with Crippen LogP contribution in [-0.4, -0.2) is 33.4 Å². The third-order valence-corrected chi connectivity index (χ3v) is 5.83. The van der Waals surface area contributed by atoms with E-state index in [1.807, 2.05) is 0 Å². The summed E-state index contributed by atoms with van der Waals surface area (Å²) in [6, 6.07) is 9.79. The predicted octanol–water partition coefficient (Wildman–Crippen LogP) is 3.71. The lowest BCUT2D eigenvalue weighted by Crippen LogP contribution is -2.36. The average Bonchev–Trinajstić information content (AvgIpc) is 2.60. The zero-order chi connectivity index (χ0) is 20.9. The second-order valence-corrected chi connectivity index (χ2v) is 8.32. The fourth-order valence-corrected chi connectivity index (χ4v) is 4.34. The van der Waals surface area contributed by atoms with Crippen LogP contribution in [0, 0.1) is 0 Å². The molecule has 0 fully saturated rings. The minimum absolute atomic E-state index is 0.0650. The highest BCUT2D eigenvalue weighted by Crippen LogP contribution is 2.33. The molecule has 2 aromatic carbocycles. The Hall–Kier alpha value is -2.29. The lowest BCUT2D eigenvalue weighted by molar-refractivity contribution is -0.141. The number of anilines is 2. The van der Waals surface area contributed by atoms with Gasteiger partial charge in [0.25, 0.3) is 10.0 Å². The van der Waals surface area contributed by atoms with Crippen molar-refractivity contribution in [3.05, 3.63) is 52.5 Å². The molecule has 0 aliphatic heterocycles. The third-order valence-electron chi connectivity index (χ3n) is 3.52. The molecule has 0 atom stereocenters. The molecular weight excluding hydrogens is 427 g/mol. The van der Waals surface area contributed by atoms with E-state index >= 15 is 0 Å². The SMILES string of the molecule is CCOC(=O)CN(c1ccc(Cl)cc1Cl)S(=O)(=O)c1ccc(NC(C)=O)cc1. The van der Waals surface area contributed by atoms with Gasteiger partial charge in [0.2, 0.25) is 5.91 Å². The summed E-state index contributed by atoms with van der Waals surface area (Å²) in [5.74, 6) is -1.01. The fraction of sp³-hybridized carbons (Fsp3) is 0.222. The van der Waals surface area contributed by atoms with Crippen molar-refractivity contribution >= 4 is 56.5 Å². The van der Waals surface area contributed by atoms with E-state index < -0.39 is 22.5 Å². The summed E-state index contributed by atoms with van der Waals surface area (Å²) in [5, 5.41) is 2.94. The van der Waals surface area contributed by atoms with Crippen molar-refractivity contribution in [3.8, 4) is 0 Å². The molecule has 10 heteroatoms. The number of esters is 1. The highest BCUT2D eigenvalue weighted by Gasteiger charge is 2.29. The van der Waals surface area contributed by atoms with Gasteiger partial charge in [0.05, 0.1) is 22.2 Å². The minimum atomic E-state index is -4.16. The van der Waals surface area contributed by atoms with E-state index in [-0.39, 0.29) is 28.1 Å². The predicted molar refractivity (Wildman–Crippen MR) is 108 cm³/mol. The van der Waals surface area contributed by atoms with Crippen LogP contribution in [0.25, 0.3) is 0 Å². The Kier molecular flexibility index (Phi) is 7.29. The summed E-state index contributed by atoms with van der Waals surface area (Å²) in [4.78, 5) is 23.0. The van der Waals surface area contributed by atoms with Crippen molar-refractivity contribution in [1.29, 1.82) is 0 Å². The molecule has 0 saturated carbocycles. The van der Waals surface area contributed by atoms with Crippen LogP contribution in [0.4, 0.5) is 11.4 Å². The van der Waals surface area contributed by atoms with Gasteiger partial charge in [-0.15, -0.1) is 0 Å². The van der Waals surface area contributed by atoms with Crippen molar-refractivity contribution in [2.24, 2.45) is 0 Å². The zero-order valence-electron chi connectivity index (χ0n) is 15.1. The first-order valence-corrected chi connectivity index (χ1v) is 10.4. The van der Waals surface area contributed by atoms with Crippen molar-refractivity contribution in [3.63, 3.8) is 0 Å². The number of carbonyl (C=O) groups excluding carboxylic acids is 2. The molecule has 1 amide bonds. The molecule has 1 N–H and O–H groups in total. The molecule has 0 heterocycles. The molecular formula is C18H18Cl2N2O5S. The Labute approximate surface area is 173 Å². The van der Waals surface area contributed by atoms with Crippen LogP contribution in [0.1, 0.15) is 13.8 Å². The van der Waals surface area contributed by atoms with Crippen LogP contribution in [0.15, 0.2) is 47.4 Å². The second-order valence-electron chi connectivity index (χ2n) is 5.62. The maximum absolute atomic E-state index is 13.2. The quantitative estimate of drug-likeness (QED) is 0.656. The molecule has 2 aromatic rings. The first kappa shape index (κ1) is 22.0. The number of nitrogens with one attached hydrogen (secondary N) is 1. The van der Waals surface area contributed by atoms with E-state index in [1.165, 1.54) is 49.4 Å². The molecule has 0 aromatic heterocycles. The normalized spacial score (nSPS) is 11.0. The maximum atomic E-state index is 13.2. The largest absolute Gasteiger partial charge is 0.465 e. The van der Waals surface area contributed by atoms with Crippen molar-refractivity contribution < 1.29 is 22.7 Å². The van der Waals surface area contributed by atoms with Gasteiger partial charge < -0.3 is 10.1 Å². The summed E-state index contributed by atoms with van der Waals surface area (Å²) in [6.07, 6.45) is 0. The second kappa shape index (κ2) is 9.27. The molecule has 0 saturated heterocycles. The summed E-state index contributed by atoms with van der Waals surface area (Å²) in [6.45, 7) is 2.50. The van der Waals surface area contributed by atoms with Crippen molar-refractivity contribution in [1.82, 2.24) is 0 Å².